The zero-order valence-electron chi connectivity index (χ0n) is 7.09. The molecule has 0 aliphatic carbocycles. The number of alkyl halides is 8. The van der Waals surface area contributed by atoms with Gasteiger partial charge in [-0.2, -0.15) is 22.0 Å². The van der Waals surface area contributed by atoms with Crippen LogP contribution in [0.4, 0.5) is 35.1 Å². The van der Waals surface area contributed by atoms with E-state index >= 15 is 0 Å². The first-order valence-electron chi connectivity index (χ1n) is 3.52. The lowest BCUT2D eigenvalue weighted by atomic mass is 10.0. The van der Waals surface area contributed by atoms with Gasteiger partial charge in [-0.15, -0.1) is 0 Å². The molecule has 15 heavy (non-hydrogen) atoms. The van der Waals surface area contributed by atoms with E-state index in [1.165, 1.54) is 0 Å². The molecule has 1 atom stereocenters. The second-order valence-corrected chi connectivity index (χ2v) is 2.79. The lowest BCUT2D eigenvalue weighted by Crippen LogP contribution is -2.45. The Kier molecular flexibility index (Phi) is 3.76. The highest BCUT2D eigenvalue weighted by atomic mass is 19.4. The SMILES string of the molecule is C=CC(F)(F)C(F)C(F)(F)CC(F)(F)F. The largest absolute Gasteiger partial charge is 0.394 e. The summed E-state index contributed by atoms with van der Waals surface area (Å²) in [5, 5.41) is 0. The van der Waals surface area contributed by atoms with Crippen LogP contribution < -0.4 is 0 Å². The third-order valence-corrected chi connectivity index (χ3v) is 1.42. The highest BCUT2D eigenvalue weighted by molar-refractivity contribution is 4.99. The molecule has 0 aromatic heterocycles. The van der Waals surface area contributed by atoms with Crippen LogP contribution in [0.15, 0.2) is 12.7 Å². The minimum atomic E-state index is -5.43. The fourth-order valence-corrected chi connectivity index (χ4v) is 0.742. The van der Waals surface area contributed by atoms with E-state index in [9.17, 15) is 35.1 Å². The molecule has 8 heteroatoms. The molecule has 0 N–H and O–H groups in total. The number of allylic oxidation sites excluding steroid dienone is 1. The Morgan fingerprint density at radius 1 is 1.00 bits per heavy atom. The van der Waals surface area contributed by atoms with Crippen molar-refractivity contribution in [2.75, 3.05) is 0 Å². The Balaban J connectivity index is 4.80. The summed E-state index contributed by atoms with van der Waals surface area (Å²) >= 11 is 0. The minimum Gasteiger partial charge on any atom is -0.234 e. The second-order valence-electron chi connectivity index (χ2n) is 2.79. The van der Waals surface area contributed by atoms with E-state index in [1.54, 1.807) is 0 Å². The number of rotatable bonds is 4. The van der Waals surface area contributed by atoms with Crippen LogP contribution in [0.3, 0.4) is 0 Å². The highest BCUT2D eigenvalue weighted by Crippen LogP contribution is 2.41. The van der Waals surface area contributed by atoms with Gasteiger partial charge in [-0.25, -0.2) is 13.2 Å². The molecule has 0 heterocycles. The quantitative estimate of drug-likeness (QED) is 0.520. The Morgan fingerprint density at radius 2 is 1.40 bits per heavy atom. The zero-order valence-corrected chi connectivity index (χ0v) is 7.09. The summed E-state index contributed by atoms with van der Waals surface area (Å²) in [5.41, 5.74) is 0. The van der Waals surface area contributed by atoms with Gasteiger partial charge in [0.25, 0.3) is 5.92 Å². The molecule has 0 bridgehead atoms. The van der Waals surface area contributed by atoms with Crippen molar-refractivity contribution in [2.45, 2.75) is 30.6 Å². The molecule has 0 saturated heterocycles. The summed E-state index contributed by atoms with van der Waals surface area (Å²) in [6.07, 6.45) is -13.1. The number of hydrogen-bond acceptors (Lipinski definition) is 0. The van der Waals surface area contributed by atoms with Crippen LogP contribution in [-0.4, -0.2) is 24.2 Å². The first-order valence-corrected chi connectivity index (χ1v) is 3.52. The fraction of sp³-hybridized carbons (Fsp3) is 0.714. The Labute approximate surface area is 79.6 Å². The van der Waals surface area contributed by atoms with Gasteiger partial charge in [-0.3, -0.25) is 0 Å². The molecule has 0 spiro atoms. The van der Waals surface area contributed by atoms with E-state index in [4.69, 9.17) is 0 Å². The molecule has 1 unspecified atom stereocenters. The summed E-state index contributed by atoms with van der Waals surface area (Å²) in [5.74, 6) is -9.88. The van der Waals surface area contributed by atoms with Crippen molar-refractivity contribution < 1.29 is 35.1 Å². The molecule has 0 nitrogen and oxygen atoms in total. The van der Waals surface area contributed by atoms with Gasteiger partial charge < -0.3 is 0 Å². The van der Waals surface area contributed by atoms with Crippen LogP contribution >= 0.6 is 0 Å². The summed E-state index contributed by atoms with van der Waals surface area (Å²) < 4.78 is 96.2. The predicted octanol–water partition coefficient (Wildman–Crippen LogP) is 3.73. The van der Waals surface area contributed by atoms with Crippen molar-refractivity contribution in [3.8, 4) is 0 Å². The van der Waals surface area contributed by atoms with Crippen LogP contribution in [0.1, 0.15) is 6.42 Å². The van der Waals surface area contributed by atoms with Crippen LogP contribution in [0.5, 0.6) is 0 Å². The highest BCUT2D eigenvalue weighted by Gasteiger charge is 2.58. The van der Waals surface area contributed by atoms with Gasteiger partial charge >= 0.3 is 12.1 Å². The lowest BCUT2D eigenvalue weighted by molar-refractivity contribution is -0.229. The maximum Gasteiger partial charge on any atom is 0.394 e. The normalized spacial score (nSPS) is 16.3. The van der Waals surface area contributed by atoms with Crippen LogP contribution in [0, 0.1) is 0 Å². The molecular formula is C7H6F8. The number of halogens is 8. The van der Waals surface area contributed by atoms with E-state index in [0.29, 0.717) is 0 Å². The van der Waals surface area contributed by atoms with E-state index in [1.807, 2.05) is 0 Å². The molecule has 0 rings (SSSR count). The average molecular weight is 242 g/mol. The van der Waals surface area contributed by atoms with Gasteiger partial charge in [0.05, 0.1) is 0 Å². The minimum absolute atomic E-state index is 0.456. The van der Waals surface area contributed by atoms with Gasteiger partial charge in [0.1, 0.15) is 6.42 Å². The molecule has 0 saturated carbocycles. The molecule has 0 aromatic carbocycles. The van der Waals surface area contributed by atoms with Crippen molar-refractivity contribution >= 4 is 0 Å². The smallest absolute Gasteiger partial charge is 0.234 e. The van der Waals surface area contributed by atoms with Gasteiger partial charge in [-0.05, 0) is 6.08 Å². The average Bonchev–Trinajstić information content (AvgIpc) is 1.98. The molecule has 0 amide bonds. The van der Waals surface area contributed by atoms with Gasteiger partial charge in [0, 0.05) is 0 Å². The fourth-order valence-electron chi connectivity index (χ4n) is 0.742. The summed E-state index contributed by atoms with van der Waals surface area (Å²) in [4.78, 5) is 0. The van der Waals surface area contributed by atoms with Crippen molar-refractivity contribution in [3.05, 3.63) is 12.7 Å². The maximum atomic E-state index is 12.4. The van der Waals surface area contributed by atoms with E-state index in [-0.39, 0.29) is 0 Å². The second kappa shape index (κ2) is 3.97. The third kappa shape index (κ3) is 4.05. The lowest BCUT2D eigenvalue weighted by Gasteiger charge is -2.26. The third-order valence-electron chi connectivity index (χ3n) is 1.42. The molecule has 0 aliphatic heterocycles. The van der Waals surface area contributed by atoms with E-state index in [0.717, 1.165) is 0 Å². The van der Waals surface area contributed by atoms with Gasteiger partial charge in [-0.1, -0.05) is 6.58 Å². The Bertz CT molecular complexity index is 228. The van der Waals surface area contributed by atoms with Crippen LogP contribution in [-0.2, 0) is 0 Å². The maximum absolute atomic E-state index is 12.4. The monoisotopic (exact) mass is 242 g/mol. The van der Waals surface area contributed by atoms with Crippen LogP contribution in [0.2, 0.25) is 0 Å². The standard InChI is InChI=1S/C7H6F8/c1-2-5(9,10)4(8)6(11,12)3-7(13,14)15/h2,4H,1,3H2. The summed E-state index contributed by atoms with van der Waals surface area (Å²) in [6.45, 7) is 2.36. The number of hydrogen-bond donors (Lipinski definition) is 0. The molecule has 90 valence electrons. The van der Waals surface area contributed by atoms with Crippen molar-refractivity contribution in [1.82, 2.24) is 0 Å². The Hall–Kier alpha value is -0.820. The van der Waals surface area contributed by atoms with E-state index < -0.39 is 36.7 Å². The molecule has 0 fully saturated rings. The topological polar surface area (TPSA) is 0 Å². The Morgan fingerprint density at radius 3 is 1.67 bits per heavy atom. The molecule has 0 aliphatic rings. The zero-order chi connectivity index (χ0) is 12.5. The van der Waals surface area contributed by atoms with Crippen molar-refractivity contribution in [2.24, 2.45) is 0 Å². The molecule has 0 aromatic rings. The van der Waals surface area contributed by atoms with E-state index in [2.05, 4.69) is 6.58 Å². The molecule has 0 radical (unpaired) electrons. The van der Waals surface area contributed by atoms with Crippen molar-refractivity contribution in [1.29, 1.82) is 0 Å². The van der Waals surface area contributed by atoms with Gasteiger partial charge in [0.2, 0.25) is 6.17 Å². The first kappa shape index (κ1) is 14.2. The van der Waals surface area contributed by atoms with Crippen molar-refractivity contribution in [3.63, 3.8) is 0 Å². The summed E-state index contributed by atoms with van der Waals surface area (Å²) in [7, 11) is 0. The predicted molar refractivity (Wildman–Crippen MR) is 35.7 cm³/mol. The molecular weight excluding hydrogens is 236 g/mol. The van der Waals surface area contributed by atoms with Gasteiger partial charge in [0.15, 0.2) is 0 Å². The summed E-state index contributed by atoms with van der Waals surface area (Å²) in [6, 6.07) is 0. The van der Waals surface area contributed by atoms with Crippen LogP contribution in [0.25, 0.3) is 0 Å². The first-order chi connectivity index (χ1) is 6.42.